The zero-order valence-corrected chi connectivity index (χ0v) is 17.4. The predicted octanol–water partition coefficient (Wildman–Crippen LogP) is 2.85. The number of hydrogen-bond donors (Lipinski definition) is 3. The molecule has 0 aliphatic carbocycles. The van der Waals surface area contributed by atoms with Crippen LogP contribution in [-0.4, -0.2) is 53.1 Å². The van der Waals surface area contributed by atoms with Crippen LogP contribution < -0.4 is 0 Å². The predicted molar refractivity (Wildman–Crippen MR) is 104 cm³/mol. The van der Waals surface area contributed by atoms with Crippen LogP contribution in [0.3, 0.4) is 0 Å². The fourth-order valence-corrected chi connectivity index (χ4v) is 2.44. The molecule has 0 heterocycles. The second-order valence-electron chi connectivity index (χ2n) is 6.28. The molecule has 0 aliphatic rings. The van der Waals surface area contributed by atoms with Crippen molar-refractivity contribution in [3.05, 3.63) is 34.9 Å². The van der Waals surface area contributed by atoms with Gasteiger partial charge >= 0.3 is 23.9 Å². The van der Waals surface area contributed by atoms with Crippen LogP contribution in [0.4, 0.5) is 0 Å². The number of carboxylic acids is 2. The van der Waals surface area contributed by atoms with E-state index in [0.717, 1.165) is 0 Å². The number of carboxylic acid groups (broad SMARTS) is 2. The van der Waals surface area contributed by atoms with Gasteiger partial charge in [0.05, 0.1) is 36.7 Å². The molecule has 2 atom stereocenters. The molecule has 168 valence electrons. The summed E-state index contributed by atoms with van der Waals surface area (Å²) < 4.78 is 9.29. The number of ether oxygens (including phenoxy) is 2. The Bertz CT molecular complexity index is 728. The summed E-state index contributed by atoms with van der Waals surface area (Å²) in [4.78, 5) is 47.9. The monoisotopic (exact) mass is 428 g/mol. The summed E-state index contributed by atoms with van der Waals surface area (Å²) in [6.07, 6.45) is 0.973. The maximum Gasteiger partial charge on any atom is 0.338 e. The maximum absolute atomic E-state index is 11.3. The van der Waals surface area contributed by atoms with E-state index in [-0.39, 0.29) is 29.6 Å². The number of rotatable bonds is 10. The average molecular weight is 428 g/mol. The van der Waals surface area contributed by atoms with Gasteiger partial charge in [-0.2, -0.15) is 0 Å². The maximum atomic E-state index is 11.3. The minimum Gasteiger partial charge on any atom is -0.481 e. The summed E-state index contributed by atoms with van der Waals surface area (Å²) in [5.74, 6) is -3.92. The Labute approximate surface area is 174 Å². The topological polar surface area (TPSA) is 157 Å². The summed E-state index contributed by atoms with van der Waals surface area (Å²) in [7, 11) is 1.17. The van der Waals surface area contributed by atoms with E-state index >= 15 is 0 Å². The summed E-state index contributed by atoms with van der Waals surface area (Å²) in [6.45, 7) is 5.39. The van der Waals surface area contributed by atoms with Crippen LogP contribution in [0.2, 0.25) is 0 Å². The van der Waals surface area contributed by atoms with Crippen LogP contribution in [0.1, 0.15) is 59.9 Å². The van der Waals surface area contributed by atoms with Crippen molar-refractivity contribution >= 4 is 23.9 Å². The number of carbonyl (C=O) groups is 4. The van der Waals surface area contributed by atoms with Crippen LogP contribution in [-0.2, 0) is 30.6 Å². The minimum atomic E-state index is -1.25. The van der Waals surface area contributed by atoms with Gasteiger partial charge in [-0.1, -0.05) is 19.9 Å². The van der Waals surface area contributed by atoms with Crippen molar-refractivity contribution < 1.29 is 49.0 Å². The van der Waals surface area contributed by atoms with Crippen LogP contribution in [0.25, 0.3) is 0 Å². The summed E-state index contributed by atoms with van der Waals surface area (Å²) in [5.41, 5.74) is 0.200. The van der Waals surface area contributed by atoms with E-state index in [1.807, 2.05) is 6.92 Å². The van der Waals surface area contributed by atoms with Gasteiger partial charge in [0.2, 0.25) is 0 Å². The Morgan fingerprint density at radius 3 is 2.13 bits per heavy atom. The molecule has 0 fully saturated rings. The largest absolute Gasteiger partial charge is 0.481 e. The smallest absolute Gasteiger partial charge is 0.338 e. The molecule has 0 aromatic heterocycles. The van der Waals surface area contributed by atoms with E-state index in [0.29, 0.717) is 25.0 Å². The number of esters is 2. The number of methoxy groups -OCH3 is 1. The SMILES string of the molecule is CCOC(=O)C(CC)CC(C)C(=O)O.COC(=O)c1ccc(COO)cc1C(=O)O. The van der Waals surface area contributed by atoms with Crippen LogP contribution in [0, 0.1) is 11.8 Å². The van der Waals surface area contributed by atoms with E-state index in [4.69, 9.17) is 20.2 Å². The Morgan fingerprint density at radius 2 is 1.70 bits per heavy atom. The third-order valence-electron chi connectivity index (χ3n) is 4.12. The lowest BCUT2D eigenvalue weighted by molar-refractivity contribution is -0.253. The van der Waals surface area contributed by atoms with Gasteiger partial charge < -0.3 is 19.7 Å². The first-order valence-corrected chi connectivity index (χ1v) is 9.23. The molecule has 0 aliphatic heterocycles. The highest BCUT2D eigenvalue weighted by molar-refractivity contribution is 6.02. The number of aromatic carboxylic acids is 1. The molecule has 1 aromatic carbocycles. The molecular formula is C20H28O10. The number of aliphatic carboxylic acids is 1. The number of hydrogen-bond acceptors (Lipinski definition) is 8. The molecule has 30 heavy (non-hydrogen) atoms. The van der Waals surface area contributed by atoms with Crippen molar-refractivity contribution in [3.63, 3.8) is 0 Å². The molecule has 3 N–H and O–H groups in total. The molecule has 0 radical (unpaired) electrons. The minimum absolute atomic E-state index is 0.0447. The molecular weight excluding hydrogens is 400 g/mol. The normalized spacial score (nSPS) is 12.0. The van der Waals surface area contributed by atoms with Gasteiger partial charge in [-0.05, 0) is 37.5 Å². The molecule has 1 rings (SSSR count). The standard InChI is InChI=1S/C10H10O6.C10H18O4/c1-15-10(13)7-3-2-6(5-16-14)4-8(7)9(11)12;1-4-8(10(13)14-5-2)6-7(3)9(11)12/h2-4,14H,5H2,1H3,(H,11,12);7-8H,4-6H2,1-3H3,(H,11,12). The molecule has 0 bridgehead atoms. The molecule has 1 aromatic rings. The highest BCUT2D eigenvalue weighted by Gasteiger charge is 2.23. The van der Waals surface area contributed by atoms with Crippen molar-refractivity contribution in [1.82, 2.24) is 0 Å². The van der Waals surface area contributed by atoms with E-state index in [9.17, 15) is 19.2 Å². The van der Waals surface area contributed by atoms with Gasteiger partial charge in [-0.15, -0.1) is 0 Å². The molecule has 10 heteroatoms. The van der Waals surface area contributed by atoms with Gasteiger partial charge in [-0.25, -0.2) is 14.5 Å². The van der Waals surface area contributed by atoms with Gasteiger partial charge in [0.15, 0.2) is 0 Å². The lowest BCUT2D eigenvalue weighted by atomic mass is 9.94. The van der Waals surface area contributed by atoms with Gasteiger partial charge in [-0.3, -0.25) is 14.8 Å². The Morgan fingerprint density at radius 1 is 1.07 bits per heavy atom. The van der Waals surface area contributed by atoms with E-state index in [2.05, 4.69) is 9.62 Å². The van der Waals surface area contributed by atoms with Gasteiger partial charge in [0, 0.05) is 0 Å². The Hall–Kier alpha value is -2.98. The quantitative estimate of drug-likeness (QED) is 0.287. The lowest BCUT2D eigenvalue weighted by Crippen LogP contribution is -2.22. The molecule has 2 unspecified atom stereocenters. The third kappa shape index (κ3) is 9.01. The summed E-state index contributed by atoms with van der Waals surface area (Å²) in [5, 5.41) is 25.8. The molecule has 0 spiro atoms. The first kappa shape index (κ1) is 27.0. The van der Waals surface area contributed by atoms with Crippen LogP contribution in [0.5, 0.6) is 0 Å². The number of carbonyl (C=O) groups excluding carboxylic acids is 2. The summed E-state index contributed by atoms with van der Waals surface area (Å²) in [6, 6.07) is 4.02. The fraction of sp³-hybridized carbons (Fsp3) is 0.500. The van der Waals surface area contributed by atoms with Crippen LogP contribution in [0.15, 0.2) is 18.2 Å². The first-order valence-electron chi connectivity index (χ1n) is 9.23. The van der Waals surface area contributed by atoms with Crippen molar-refractivity contribution in [2.24, 2.45) is 11.8 Å². The first-order chi connectivity index (χ1) is 14.1. The molecule has 10 nitrogen and oxygen atoms in total. The highest BCUT2D eigenvalue weighted by Crippen LogP contribution is 2.17. The van der Waals surface area contributed by atoms with Crippen molar-refractivity contribution in [2.75, 3.05) is 13.7 Å². The lowest BCUT2D eigenvalue weighted by Gasteiger charge is -2.15. The molecule has 0 saturated heterocycles. The average Bonchev–Trinajstić information content (AvgIpc) is 2.71. The molecule has 0 amide bonds. The van der Waals surface area contributed by atoms with Gasteiger partial charge in [0.25, 0.3) is 0 Å². The number of benzene rings is 1. The van der Waals surface area contributed by atoms with E-state index in [1.54, 1.807) is 13.8 Å². The van der Waals surface area contributed by atoms with E-state index in [1.165, 1.54) is 25.3 Å². The second kappa shape index (κ2) is 14.1. The van der Waals surface area contributed by atoms with Crippen molar-refractivity contribution in [2.45, 2.75) is 40.2 Å². The Kier molecular flexibility index (Phi) is 12.7. The van der Waals surface area contributed by atoms with Crippen molar-refractivity contribution in [1.29, 1.82) is 0 Å². The van der Waals surface area contributed by atoms with Crippen LogP contribution >= 0.6 is 0 Å². The fourth-order valence-electron chi connectivity index (χ4n) is 2.44. The summed E-state index contributed by atoms with van der Waals surface area (Å²) >= 11 is 0. The van der Waals surface area contributed by atoms with Crippen molar-refractivity contribution in [3.8, 4) is 0 Å². The highest BCUT2D eigenvalue weighted by atomic mass is 17.1. The second-order valence-corrected chi connectivity index (χ2v) is 6.28. The Balaban J connectivity index is 0.000000567. The third-order valence-corrected chi connectivity index (χ3v) is 4.12. The zero-order valence-electron chi connectivity index (χ0n) is 17.4. The molecule has 0 saturated carbocycles. The zero-order chi connectivity index (χ0) is 23.3. The van der Waals surface area contributed by atoms with E-state index < -0.39 is 23.8 Å². The van der Waals surface area contributed by atoms with Gasteiger partial charge in [0.1, 0.15) is 6.61 Å².